The van der Waals surface area contributed by atoms with E-state index in [1.165, 1.54) is 5.56 Å². The van der Waals surface area contributed by atoms with Crippen LogP contribution in [0.15, 0.2) is 54.6 Å². The zero-order valence-corrected chi connectivity index (χ0v) is 11.7. The summed E-state index contributed by atoms with van der Waals surface area (Å²) in [7, 11) is 0. The Bertz CT molecular complexity index is 549. The van der Waals surface area contributed by atoms with Crippen molar-refractivity contribution in [3.63, 3.8) is 0 Å². The highest BCUT2D eigenvalue weighted by Crippen LogP contribution is 2.13. The minimum atomic E-state index is -0.255. The zero-order chi connectivity index (χ0) is 14.4. The minimum Gasteiger partial charge on any atom is -0.352 e. The number of rotatable bonds is 5. The van der Waals surface area contributed by atoms with E-state index in [0.29, 0.717) is 13.0 Å². The molecule has 0 aliphatic carbocycles. The first-order chi connectivity index (χ1) is 9.65. The van der Waals surface area contributed by atoms with E-state index in [2.05, 4.69) is 5.32 Å². The predicted octanol–water partition coefficient (Wildman–Crippen LogP) is 2.70. The summed E-state index contributed by atoms with van der Waals surface area (Å²) in [6.45, 7) is 2.59. The topological polar surface area (TPSA) is 55.1 Å². The van der Waals surface area contributed by atoms with Gasteiger partial charge in [0.25, 0.3) is 0 Å². The maximum Gasteiger partial charge on any atom is 0.222 e. The number of carbonyl (C=O) groups is 1. The fourth-order valence-electron chi connectivity index (χ4n) is 2.00. The van der Waals surface area contributed by atoms with Crippen molar-refractivity contribution in [2.45, 2.75) is 25.9 Å². The second kappa shape index (κ2) is 6.87. The molecule has 20 heavy (non-hydrogen) atoms. The molecule has 0 heterocycles. The van der Waals surface area contributed by atoms with Crippen molar-refractivity contribution in [2.75, 3.05) is 0 Å². The predicted molar refractivity (Wildman–Crippen MR) is 81.0 cm³/mol. The standard InChI is InChI=1S/C17H20N2O/c1-13-7-9-14(10-8-13)12-19-17(20)11-16(18)15-5-3-2-4-6-15/h2-10,16H,11-12,18H2,1H3,(H,19,20). The van der Waals surface area contributed by atoms with Gasteiger partial charge in [0.15, 0.2) is 0 Å². The highest BCUT2D eigenvalue weighted by Gasteiger charge is 2.10. The van der Waals surface area contributed by atoms with Gasteiger partial charge in [-0.05, 0) is 18.1 Å². The van der Waals surface area contributed by atoms with E-state index in [1.807, 2.05) is 61.5 Å². The highest BCUT2D eigenvalue weighted by atomic mass is 16.1. The summed E-state index contributed by atoms with van der Waals surface area (Å²) < 4.78 is 0. The maximum absolute atomic E-state index is 11.9. The molecule has 0 bridgehead atoms. The summed E-state index contributed by atoms with van der Waals surface area (Å²) >= 11 is 0. The number of hydrogen-bond donors (Lipinski definition) is 2. The molecule has 2 aromatic rings. The number of aryl methyl sites for hydroxylation is 1. The van der Waals surface area contributed by atoms with Gasteiger partial charge in [0.1, 0.15) is 0 Å². The molecule has 3 nitrogen and oxygen atoms in total. The second-order valence-electron chi connectivity index (χ2n) is 4.98. The average molecular weight is 268 g/mol. The van der Waals surface area contributed by atoms with E-state index in [9.17, 15) is 4.79 Å². The van der Waals surface area contributed by atoms with Crippen molar-refractivity contribution in [1.82, 2.24) is 5.32 Å². The van der Waals surface area contributed by atoms with Gasteiger partial charge < -0.3 is 11.1 Å². The Morgan fingerprint density at radius 1 is 1.10 bits per heavy atom. The molecule has 0 saturated carbocycles. The Morgan fingerprint density at radius 2 is 1.75 bits per heavy atom. The fourth-order valence-corrected chi connectivity index (χ4v) is 2.00. The SMILES string of the molecule is Cc1ccc(CNC(=O)CC(N)c2ccccc2)cc1. The summed E-state index contributed by atoms with van der Waals surface area (Å²) in [6.07, 6.45) is 0.301. The van der Waals surface area contributed by atoms with Gasteiger partial charge in [-0.1, -0.05) is 60.2 Å². The van der Waals surface area contributed by atoms with Crippen LogP contribution in [0.2, 0.25) is 0 Å². The average Bonchev–Trinajstić information content (AvgIpc) is 2.47. The molecule has 3 N–H and O–H groups in total. The first-order valence-corrected chi connectivity index (χ1v) is 6.78. The molecular formula is C17H20N2O. The van der Waals surface area contributed by atoms with Crippen LogP contribution in [0.4, 0.5) is 0 Å². The van der Waals surface area contributed by atoms with Crippen LogP contribution in [0.1, 0.15) is 29.2 Å². The molecule has 0 aliphatic rings. The highest BCUT2D eigenvalue weighted by molar-refractivity contribution is 5.76. The van der Waals surface area contributed by atoms with Crippen molar-refractivity contribution in [3.8, 4) is 0 Å². The van der Waals surface area contributed by atoms with Gasteiger partial charge in [0, 0.05) is 19.0 Å². The summed E-state index contributed by atoms with van der Waals surface area (Å²) in [5.74, 6) is -0.0260. The molecule has 1 amide bonds. The molecule has 1 atom stereocenters. The third-order valence-corrected chi connectivity index (χ3v) is 3.24. The molecule has 0 radical (unpaired) electrons. The Morgan fingerprint density at radius 3 is 2.40 bits per heavy atom. The van der Waals surface area contributed by atoms with Gasteiger partial charge in [0.2, 0.25) is 5.91 Å². The lowest BCUT2D eigenvalue weighted by atomic mass is 10.0. The molecule has 1 unspecified atom stereocenters. The number of nitrogens with one attached hydrogen (secondary N) is 1. The van der Waals surface area contributed by atoms with Crippen molar-refractivity contribution < 1.29 is 4.79 Å². The van der Waals surface area contributed by atoms with Crippen molar-refractivity contribution >= 4 is 5.91 Å². The van der Waals surface area contributed by atoms with Crippen LogP contribution in [0.25, 0.3) is 0 Å². The van der Waals surface area contributed by atoms with Crippen molar-refractivity contribution in [1.29, 1.82) is 0 Å². The molecule has 0 aromatic heterocycles. The van der Waals surface area contributed by atoms with Crippen LogP contribution in [0.3, 0.4) is 0 Å². The Hall–Kier alpha value is -2.13. The first kappa shape index (κ1) is 14.3. The number of carbonyl (C=O) groups excluding carboxylic acids is 1. The first-order valence-electron chi connectivity index (χ1n) is 6.78. The smallest absolute Gasteiger partial charge is 0.222 e. The van der Waals surface area contributed by atoms with Gasteiger partial charge in [-0.15, -0.1) is 0 Å². The van der Waals surface area contributed by atoms with E-state index in [0.717, 1.165) is 11.1 Å². The van der Waals surface area contributed by atoms with E-state index < -0.39 is 0 Å². The summed E-state index contributed by atoms with van der Waals surface area (Å²) in [6, 6.07) is 17.5. The molecule has 2 aromatic carbocycles. The third-order valence-electron chi connectivity index (χ3n) is 3.24. The lowest BCUT2D eigenvalue weighted by molar-refractivity contribution is -0.121. The summed E-state index contributed by atoms with van der Waals surface area (Å²) in [5, 5.41) is 2.90. The Balaban J connectivity index is 1.82. The molecule has 2 rings (SSSR count). The number of nitrogens with two attached hydrogens (primary N) is 1. The van der Waals surface area contributed by atoms with Gasteiger partial charge in [-0.3, -0.25) is 4.79 Å². The monoisotopic (exact) mass is 268 g/mol. The van der Waals surface area contributed by atoms with Gasteiger partial charge in [-0.25, -0.2) is 0 Å². The second-order valence-corrected chi connectivity index (χ2v) is 4.98. The van der Waals surface area contributed by atoms with Crippen LogP contribution in [-0.4, -0.2) is 5.91 Å². The summed E-state index contributed by atoms with van der Waals surface area (Å²) in [5.41, 5.74) is 9.32. The number of benzene rings is 2. The molecule has 104 valence electrons. The molecule has 0 fully saturated rings. The Labute approximate surface area is 119 Å². The lowest BCUT2D eigenvalue weighted by Gasteiger charge is -2.12. The number of hydrogen-bond acceptors (Lipinski definition) is 2. The molecular weight excluding hydrogens is 248 g/mol. The van der Waals surface area contributed by atoms with E-state index in [1.54, 1.807) is 0 Å². The lowest BCUT2D eigenvalue weighted by Crippen LogP contribution is -2.27. The van der Waals surface area contributed by atoms with E-state index in [4.69, 9.17) is 5.73 Å². The van der Waals surface area contributed by atoms with Crippen LogP contribution in [0, 0.1) is 6.92 Å². The normalized spacial score (nSPS) is 11.9. The molecule has 0 spiro atoms. The number of amides is 1. The minimum absolute atomic E-state index is 0.0260. The largest absolute Gasteiger partial charge is 0.352 e. The maximum atomic E-state index is 11.9. The van der Waals surface area contributed by atoms with Gasteiger partial charge >= 0.3 is 0 Å². The molecule has 0 aliphatic heterocycles. The van der Waals surface area contributed by atoms with E-state index >= 15 is 0 Å². The third kappa shape index (κ3) is 4.21. The van der Waals surface area contributed by atoms with Gasteiger partial charge in [0.05, 0.1) is 0 Å². The fraction of sp³-hybridized carbons (Fsp3) is 0.235. The van der Waals surface area contributed by atoms with Crippen LogP contribution < -0.4 is 11.1 Å². The molecule has 3 heteroatoms. The van der Waals surface area contributed by atoms with Crippen LogP contribution >= 0.6 is 0 Å². The summed E-state index contributed by atoms with van der Waals surface area (Å²) in [4.78, 5) is 11.9. The van der Waals surface area contributed by atoms with Gasteiger partial charge in [-0.2, -0.15) is 0 Å². The zero-order valence-electron chi connectivity index (χ0n) is 11.7. The quantitative estimate of drug-likeness (QED) is 0.876. The van der Waals surface area contributed by atoms with Crippen LogP contribution in [0.5, 0.6) is 0 Å². The van der Waals surface area contributed by atoms with Crippen LogP contribution in [-0.2, 0) is 11.3 Å². The van der Waals surface area contributed by atoms with Crippen molar-refractivity contribution in [3.05, 3.63) is 71.3 Å². The molecule has 0 saturated heterocycles. The van der Waals surface area contributed by atoms with Crippen molar-refractivity contribution in [2.24, 2.45) is 5.73 Å². The Kier molecular flexibility index (Phi) is 4.91. The van der Waals surface area contributed by atoms with E-state index in [-0.39, 0.29) is 11.9 Å².